The zero-order chi connectivity index (χ0) is 14.2. The average Bonchev–Trinajstić information content (AvgIpc) is 2.75. The van der Waals surface area contributed by atoms with E-state index in [1.165, 1.54) is 4.88 Å². The number of aliphatic hydroxyl groups is 1. The first-order valence-corrected chi connectivity index (χ1v) is 7.52. The van der Waals surface area contributed by atoms with Crippen molar-refractivity contribution in [1.82, 2.24) is 0 Å². The van der Waals surface area contributed by atoms with E-state index >= 15 is 0 Å². The molecule has 0 aliphatic heterocycles. The number of hydrogen-bond donors (Lipinski definition) is 1. The summed E-state index contributed by atoms with van der Waals surface area (Å²) < 4.78 is 0. The maximum Gasteiger partial charge on any atom is 0.113 e. The van der Waals surface area contributed by atoms with Gasteiger partial charge in [-0.2, -0.15) is 0 Å². The van der Waals surface area contributed by atoms with Crippen LogP contribution in [-0.2, 0) is 5.41 Å². The predicted molar refractivity (Wildman–Crippen MR) is 83.3 cm³/mol. The minimum Gasteiger partial charge on any atom is -0.383 e. The second kappa shape index (κ2) is 5.28. The van der Waals surface area contributed by atoms with Crippen LogP contribution in [0.1, 0.15) is 47.8 Å². The summed E-state index contributed by atoms with van der Waals surface area (Å²) in [5, 5.41) is 11.1. The number of benzene rings is 1. The molecule has 2 aromatic rings. The molecule has 2 rings (SSSR count). The fraction of sp³-hybridized carbons (Fsp3) is 0.375. The molecule has 0 radical (unpaired) electrons. The average molecular weight is 295 g/mol. The summed E-state index contributed by atoms with van der Waals surface area (Å²) in [6.07, 6.45) is -0.599. The number of thiophene rings is 1. The van der Waals surface area contributed by atoms with Crippen molar-refractivity contribution in [3.8, 4) is 0 Å². The Balaban J connectivity index is 2.33. The highest BCUT2D eigenvalue weighted by Gasteiger charge is 2.19. The van der Waals surface area contributed by atoms with Crippen LogP contribution in [0, 0.1) is 6.92 Å². The lowest BCUT2D eigenvalue weighted by Crippen LogP contribution is -2.07. The van der Waals surface area contributed by atoms with Crippen LogP contribution >= 0.6 is 22.9 Å². The van der Waals surface area contributed by atoms with Crippen LogP contribution in [0.5, 0.6) is 0 Å². The molecular formula is C16H19ClOS. The minimum atomic E-state index is -0.599. The first kappa shape index (κ1) is 14.6. The van der Waals surface area contributed by atoms with Crippen LogP contribution in [-0.4, -0.2) is 5.11 Å². The zero-order valence-corrected chi connectivity index (χ0v) is 13.3. The van der Waals surface area contributed by atoms with E-state index in [0.29, 0.717) is 5.02 Å². The van der Waals surface area contributed by atoms with Crippen molar-refractivity contribution in [2.24, 2.45) is 0 Å². The van der Waals surface area contributed by atoms with Crippen LogP contribution in [0.25, 0.3) is 0 Å². The minimum absolute atomic E-state index is 0.118. The zero-order valence-electron chi connectivity index (χ0n) is 11.7. The van der Waals surface area contributed by atoms with Gasteiger partial charge in [0.2, 0.25) is 0 Å². The van der Waals surface area contributed by atoms with E-state index in [1.807, 2.05) is 31.2 Å². The van der Waals surface area contributed by atoms with Crippen molar-refractivity contribution in [3.63, 3.8) is 0 Å². The summed E-state index contributed by atoms with van der Waals surface area (Å²) in [4.78, 5) is 2.24. The van der Waals surface area contributed by atoms with Gasteiger partial charge < -0.3 is 5.11 Å². The van der Waals surface area contributed by atoms with Crippen LogP contribution in [0.15, 0.2) is 30.3 Å². The van der Waals surface area contributed by atoms with Gasteiger partial charge in [0.1, 0.15) is 6.10 Å². The van der Waals surface area contributed by atoms with Crippen LogP contribution in [0.3, 0.4) is 0 Å². The fourth-order valence-electron chi connectivity index (χ4n) is 1.99. The Kier molecular flexibility index (Phi) is 4.05. The highest BCUT2D eigenvalue weighted by atomic mass is 35.5. The maximum atomic E-state index is 10.5. The lowest BCUT2D eigenvalue weighted by molar-refractivity contribution is 0.224. The standard InChI is InChI=1S/C16H19ClOS/c1-10-7-11(9-12(17)8-10)15(18)13-5-6-14(19-13)16(2,3)4/h5-9,15,18H,1-4H3. The molecule has 0 saturated carbocycles. The van der Waals surface area contributed by atoms with Gasteiger partial charge in [-0.05, 0) is 47.7 Å². The predicted octanol–water partition coefficient (Wildman–Crippen LogP) is 5.09. The van der Waals surface area contributed by atoms with Gasteiger partial charge in [-0.25, -0.2) is 0 Å². The summed E-state index contributed by atoms with van der Waals surface area (Å²) in [5.41, 5.74) is 2.04. The first-order valence-electron chi connectivity index (χ1n) is 6.33. The molecule has 0 fully saturated rings. The highest BCUT2D eigenvalue weighted by Crippen LogP contribution is 2.35. The number of aryl methyl sites for hydroxylation is 1. The van der Waals surface area contributed by atoms with E-state index in [-0.39, 0.29) is 5.41 Å². The normalized spacial score (nSPS) is 13.6. The quantitative estimate of drug-likeness (QED) is 0.818. The molecule has 1 atom stereocenters. The van der Waals surface area contributed by atoms with E-state index in [2.05, 4.69) is 26.8 Å². The molecule has 1 nitrogen and oxygen atoms in total. The SMILES string of the molecule is Cc1cc(Cl)cc(C(O)c2ccc(C(C)(C)C)s2)c1. The van der Waals surface area contributed by atoms with Crippen molar-refractivity contribution in [2.45, 2.75) is 39.2 Å². The Morgan fingerprint density at radius 2 is 1.84 bits per heavy atom. The molecule has 1 unspecified atom stereocenters. The van der Waals surface area contributed by atoms with Crippen LogP contribution < -0.4 is 0 Å². The first-order chi connectivity index (χ1) is 8.77. The van der Waals surface area contributed by atoms with E-state index in [1.54, 1.807) is 11.3 Å². The summed E-state index contributed by atoms with van der Waals surface area (Å²) in [6, 6.07) is 9.81. The van der Waals surface area contributed by atoms with Crippen molar-refractivity contribution < 1.29 is 5.11 Å². The van der Waals surface area contributed by atoms with Crippen molar-refractivity contribution in [2.75, 3.05) is 0 Å². The molecule has 1 N–H and O–H groups in total. The molecule has 0 saturated heterocycles. The van der Waals surface area contributed by atoms with Crippen molar-refractivity contribution in [1.29, 1.82) is 0 Å². The molecular weight excluding hydrogens is 276 g/mol. The van der Waals surface area contributed by atoms with Gasteiger partial charge in [0.15, 0.2) is 0 Å². The lowest BCUT2D eigenvalue weighted by Gasteiger charge is -2.16. The molecule has 1 aromatic carbocycles. The third-order valence-corrected chi connectivity index (χ3v) is 4.80. The van der Waals surface area contributed by atoms with Gasteiger partial charge >= 0.3 is 0 Å². The number of aliphatic hydroxyl groups excluding tert-OH is 1. The van der Waals surface area contributed by atoms with Gasteiger partial charge in [-0.1, -0.05) is 38.4 Å². The third kappa shape index (κ3) is 3.38. The van der Waals surface area contributed by atoms with E-state index in [4.69, 9.17) is 11.6 Å². The summed E-state index contributed by atoms with van der Waals surface area (Å²) in [6.45, 7) is 8.52. The van der Waals surface area contributed by atoms with Gasteiger partial charge in [-0.15, -0.1) is 11.3 Å². The summed E-state index contributed by atoms with van der Waals surface area (Å²) >= 11 is 7.71. The van der Waals surface area contributed by atoms with Crippen LogP contribution in [0.2, 0.25) is 5.02 Å². The number of rotatable bonds is 2. The van der Waals surface area contributed by atoms with Crippen molar-refractivity contribution in [3.05, 3.63) is 56.2 Å². The Morgan fingerprint density at radius 3 is 2.37 bits per heavy atom. The third-order valence-electron chi connectivity index (χ3n) is 3.02. The van der Waals surface area contributed by atoms with Crippen molar-refractivity contribution >= 4 is 22.9 Å². The second-order valence-electron chi connectivity index (χ2n) is 5.92. The molecule has 0 bridgehead atoms. The largest absolute Gasteiger partial charge is 0.383 e. The van der Waals surface area contributed by atoms with E-state index in [9.17, 15) is 5.11 Å². The molecule has 0 aliphatic carbocycles. The van der Waals surface area contributed by atoms with Gasteiger partial charge in [0.05, 0.1) is 0 Å². The van der Waals surface area contributed by atoms with Gasteiger partial charge in [0.25, 0.3) is 0 Å². The highest BCUT2D eigenvalue weighted by molar-refractivity contribution is 7.12. The molecule has 0 amide bonds. The smallest absolute Gasteiger partial charge is 0.113 e. The van der Waals surface area contributed by atoms with Gasteiger partial charge in [0, 0.05) is 14.8 Å². The Hall–Kier alpha value is -0.830. The topological polar surface area (TPSA) is 20.2 Å². The second-order valence-corrected chi connectivity index (χ2v) is 7.47. The monoisotopic (exact) mass is 294 g/mol. The summed E-state index contributed by atoms with van der Waals surface area (Å²) in [7, 11) is 0. The molecule has 19 heavy (non-hydrogen) atoms. The Morgan fingerprint density at radius 1 is 1.16 bits per heavy atom. The van der Waals surface area contributed by atoms with E-state index in [0.717, 1.165) is 16.0 Å². The fourth-order valence-corrected chi connectivity index (χ4v) is 3.37. The maximum absolute atomic E-state index is 10.5. The molecule has 1 aromatic heterocycles. The molecule has 0 spiro atoms. The number of hydrogen-bond acceptors (Lipinski definition) is 2. The summed E-state index contributed by atoms with van der Waals surface area (Å²) in [5.74, 6) is 0. The van der Waals surface area contributed by atoms with E-state index < -0.39 is 6.10 Å². The Bertz CT molecular complexity index is 560. The van der Waals surface area contributed by atoms with Crippen LogP contribution in [0.4, 0.5) is 0 Å². The number of halogens is 1. The molecule has 0 aliphatic rings. The molecule has 1 heterocycles. The van der Waals surface area contributed by atoms with Gasteiger partial charge in [-0.3, -0.25) is 0 Å². The Labute approximate surface area is 123 Å². The molecule has 3 heteroatoms. The molecule has 102 valence electrons. The lowest BCUT2D eigenvalue weighted by atomic mass is 9.95.